The summed E-state index contributed by atoms with van der Waals surface area (Å²) in [5.41, 5.74) is 4.04. The summed E-state index contributed by atoms with van der Waals surface area (Å²) in [5, 5.41) is 19.3. The molecule has 12 heteroatoms. The van der Waals surface area contributed by atoms with Crippen LogP contribution in [0.25, 0.3) is 11.4 Å². The summed E-state index contributed by atoms with van der Waals surface area (Å²) in [6.07, 6.45) is 0.263. The molecule has 0 aliphatic carbocycles. The van der Waals surface area contributed by atoms with Crippen LogP contribution in [0.2, 0.25) is 0 Å². The first-order valence-electron chi connectivity index (χ1n) is 13.0. The van der Waals surface area contributed by atoms with E-state index < -0.39 is 23.9 Å². The number of hydrogen-bond acceptors (Lipinski definition) is 7. The lowest BCUT2D eigenvalue weighted by Crippen LogP contribution is -2.48. The second-order valence-electron chi connectivity index (χ2n) is 9.49. The van der Waals surface area contributed by atoms with Crippen LogP contribution in [0.3, 0.4) is 0 Å². The number of anilines is 2. The number of benzene rings is 3. The lowest BCUT2D eigenvalue weighted by molar-refractivity contribution is -0.120. The number of rotatable bonds is 6. The van der Waals surface area contributed by atoms with Gasteiger partial charge in [0.25, 0.3) is 5.91 Å². The van der Waals surface area contributed by atoms with E-state index in [4.69, 9.17) is 0 Å². The molecule has 3 N–H and O–H groups in total. The van der Waals surface area contributed by atoms with Crippen LogP contribution in [0.15, 0.2) is 96.1 Å². The third-order valence-electron chi connectivity index (χ3n) is 6.69. The number of H-pyrrole nitrogens is 1. The monoisotopic (exact) mass is 561 g/mol. The molecule has 1 atom stereocenters. The zero-order chi connectivity index (χ0) is 29.1. The van der Waals surface area contributed by atoms with Gasteiger partial charge in [0.15, 0.2) is 0 Å². The number of benzodiazepines with no additional fused rings is 1. The number of amides is 3. The maximum Gasteiger partial charge on any atom is 0.321 e. The number of aromatic nitrogens is 5. The molecule has 0 saturated heterocycles. The van der Waals surface area contributed by atoms with E-state index in [0.29, 0.717) is 34.0 Å². The molecule has 5 aromatic rings. The maximum absolute atomic E-state index is 15.2. The highest BCUT2D eigenvalue weighted by Crippen LogP contribution is 2.33. The summed E-state index contributed by atoms with van der Waals surface area (Å²) < 4.78 is 15.2. The molecule has 208 valence electrons. The number of aryl methyl sites for hydroxylation is 1. The molecular weight excluding hydrogens is 537 g/mol. The fourth-order valence-corrected chi connectivity index (χ4v) is 4.80. The molecule has 1 aliphatic rings. The molecule has 3 amide bonds. The molecule has 0 radical (unpaired) electrons. The minimum absolute atomic E-state index is 0.115. The van der Waals surface area contributed by atoms with Crippen molar-refractivity contribution in [2.45, 2.75) is 19.6 Å². The number of urea groups is 1. The summed E-state index contributed by atoms with van der Waals surface area (Å²) in [6, 6.07) is 23.3. The van der Waals surface area contributed by atoms with Crippen molar-refractivity contribution >= 4 is 29.0 Å². The lowest BCUT2D eigenvalue weighted by Gasteiger charge is -2.26. The number of nitrogens with one attached hydrogen (secondary N) is 3. The SMILES string of the molecule is Cc1cccc2c1N(Cc1ccccn1)C(=O)[C@H](NC(=O)Nc1cccc(-c3nn[nH]n3)c1)N=C2c1ccccc1F. The highest BCUT2D eigenvalue weighted by Gasteiger charge is 2.35. The van der Waals surface area contributed by atoms with Crippen LogP contribution in [0.5, 0.6) is 0 Å². The summed E-state index contributed by atoms with van der Waals surface area (Å²) >= 11 is 0. The van der Waals surface area contributed by atoms with Gasteiger partial charge in [0.1, 0.15) is 5.82 Å². The van der Waals surface area contributed by atoms with Crippen LogP contribution in [0, 0.1) is 12.7 Å². The Morgan fingerprint density at radius 2 is 1.81 bits per heavy atom. The number of aromatic amines is 1. The molecule has 0 saturated carbocycles. The number of hydrogen-bond donors (Lipinski definition) is 3. The highest BCUT2D eigenvalue weighted by molar-refractivity contribution is 6.21. The van der Waals surface area contributed by atoms with Gasteiger partial charge in [-0.15, -0.1) is 10.2 Å². The van der Waals surface area contributed by atoms with E-state index >= 15 is 4.39 Å². The van der Waals surface area contributed by atoms with Crippen LogP contribution in [-0.4, -0.2) is 49.4 Å². The van der Waals surface area contributed by atoms with Gasteiger partial charge in [0.2, 0.25) is 12.0 Å². The number of fused-ring (bicyclic) bond motifs is 1. The normalized spacial score (nSPS) is 14.5. The van der Waals surface area contributed by atoms with Crippen molar-refractivity contribution in [2.24, 2.45) is 4.99 Å². The number of carbonyl (C=O) groups is 2. The van der Waals surface area contributed by atoms with Gasteiger partial charge in [0, 0.05) is 28.6 Å². The van der Waals surface area contributed by atoms with Crippen LogP contribution < -0.4 is 15.5 Å². The lowest BCUT2D eigenvalue weighted by atomic mass is 9.97. The summed E-state index contributed by atoms with van der Waals surface area (Å²) in [4.78, 5) is 38.0. The average Bonchev–Trinajstić information content (AvgIpc) is 3.51. The molecule has 0 unspecified atom stereocenters. The van der Waals surface area contributed by atoms with Crippen molar-refractivity contribution in [1.82, 2.24) is 30.9 Å². The van der Waals surface area contributed by atoms with Crippen molar-refractivity contribution in [2.75, 3.05) is 10.2 Å². The minimum Gasteiger partial charge on any atom is -0.308 e. The molecule has 0 bridgehead atoms. The van der Waals surface area contributed by atoms with Crippen molar-refractivity contribution in [3.05, 3.63) is 119 Å². The number of aliphatic imine (C=N–C) groups is 1. The zero-order valence-electron chi connectivity index (χ0n) is 22.3. The van der Waals surface area contributed by atoms with Gasteiger partial charge in [-0.1, -0.05) is 48.5 Å². The Bertz CT molecular complexity index is 1790. The minimum atomic E-state index is -1.38. The molecule has 3 heterocycles. The Morgan fingerprint density at radius 3 is 2.60 bits per heavy atom. The molecular formula is C30H24FN9O2. The number of tetrazole rings is 1. The Balaban J connectivity index is 1.39. The second kappa shape index (κ2) is 11.4. The predicted molar refractivity (Wildman–Crippen MR) is 154 cm³/mol. The Kier molecular flexibility index (Phi) is 7.16. The third kappa shape index (κ3) is 5.32. The van der Waals surface area contributed by atoms with Crippen molar-refractivity contribution < 1.29 is 14.0 Å². The first-order valence-corrected chi connectivity index (χ1v) is 13.0. The average molecular weight is 562 g/mol. The highest BCUT2D eigenvalue weighted by atomic mass is 19.1. The smallest absolute Gasteiger partial charge is 0.308 e. The van der Waals surface area contributed by atoms with E-state index in [1.165, 1.54) is 11.0 Å². The van der Waals surface area contributed by atoms with Crippen LogP contribution in [-0.2, 0) is 11.3 Å². The van der Waals surface area contributed by atoms with E-state index in [0.717, 1.165) is 5.56 Å². The number of nitrogens with zero attached hydrogens (tertiary/aromatic N) is 6. The number of para-hydroxylation sites is 1. The van der Waals surface area contributed by atoms with E-state index in [9.17, 15) is 9.59 Å². The fraction of sp³-hybridized carbons (Fsp3) is 0.100. The van der Waals surface area contributed by atoms with E-state index in [2.05, 4.69) is 41.2 Å². The summed E-state index contributed by atoms with van der Waals surface area (Å²) in [6.45, 7) is 1.98. The molecule has 11 nitrogen and oxygen atoms in total. The molecule has 0 spiro atoms. The van der Waals surface area contributed by atoms with Gasteiger partial charge in [-0.3, -0.25) is 9.78 Å². The van der Waals surface area contributed by atoms with Gasteiger partial charge < -0.3 is 15.5 Å². The van der Waals surface area contributed by atoms with E-state index in [-0.39, 0.29) is 17.8 Å². The van der Waals surface area contributed by atoms with E-state index in [1.807, 2.05) is 25.1 Å². The molecule has 3 aromatic carbocycles. The molecule has 0 fully saturated rings. The first kappa shape index (κ1) is 26.4. The number of halogens is 1. The summed E-state index contributed by atoms with van der Waals surface area (Å²) in [7, 11) is 0. The third-order valence-corrected chi connectivity index (χ3v) is 6.69. The van der Waals surface area contributed by atoms with Gasteiger partial charge in [-0.05, 0) is 54.1 Å². The molecule has 2 aromatic heterocycles. The topological polar surface area (TPSA) is 141 Å². The van der Waals surface area contributed by atoms with Gasteiger partial charge in [0.05, 0.1) is 23.6 Å². The van der Waals surface area contributed by atoms with Crippen LogP contribution >= 0.6 is 0 Å². The Labute approximate surface area is 239 Å². The zero-order valence-corrected chi connectivity index (χ0v) is 22.3. The molecule has 42 heavy (non-hydrogen) atoms. The van der Waals surface area contributed by atoms with Gasteiger partial charge in [-0.25, -0.2) is 14.2 Å². The first-order chi connectivity index (χ1) is 20.5. The standard InChI is InChI=1S/C30H24FN9O2/c1-18-8-6-13-23-25(22-12-2-3-14-24(22)31)34-28(29(41)40(26(18)23)17-21-10-4-5-15-32-21)35-30(42)33-20-11-7-9-19(16-20)27-36-38-39-37-27/h2-16,28H,17H2,1H3,(H2,33,35,42)(H,36,37,38,39)/t28-/m0/s1. The van der Waals surface area contributed by atoms with Gasteiger partial charge in [-0.2, -0.15) is 5.21 Å². The van der Waals surface area contributed by atoms with E-state index in [1.54, 1.807) is 66.9 Å². The van der Waals surface area contributed by atoms with Crippen LogP contribution in [0.4, 0.5) is 20.6 Å². The fourth-order valence-electron chi connectivity index (χ4n) is 4.80. The largest absolute Gasteiger partial charge is 0.321 e. The summed E-state index contributed by atoms with van der Waals surface area (Å²) in [5.74, 6) is -0.649. The van der Waals surface area contributed by atoms with Crippen molar-refractivity contribution in [3.63, 3.8) is 0 Å². The quantitative estimate of drug-likeness (QED) is 0.283. The molecule has 6 rings (SSSR count). The van der Waals surface area contributed by atoms with Crippen molar-refractivity contribution in [1.29, 1.82) is 0 Å². The number of carbonyl (C=O) groups excluding carboxylic acids is 2. The van der Waals surface area contributed by atoms with Crippen LogP contribution in [0.1, 0.15) is 22.4 Å². The second-order valence-corrected chi connectivity index (χ2v) is 9.49. The Morgan fingerprint density at radius 1 is 1.00 bits per heavy atom. The predicted octanol–water partition coefficient (Wildman–Crippen LogP) is 4.24. The van der Waals surface area contributed by atoms with Gasteiger partial charge >= 0.3 is 6.03 Å². The maximum atomic E-state index is 15.2. The Hall–Kier alpha value is -5.78. The number of pyridine rings is 1. The van der Waals surface area contributed by atoms with Crippen molar-refractivity contribution in [3.8, 4) is 11.4 Å². The molecule has 1 aliphatic heterocycles.